The molecule has 1 aromatic carbocycles. The molecule has 0 fully saturated rings. The number of aryl methyl sites for hydroxylation is 1. The van der Waals surface area contributed by atoms with E-state index in [9.17, 15) is 13.2 Å². The smallest absolute Gasteiger partial charge is 0.265 e. The van der Waals surface area contributed by atoms with E-state index in [0.717, 1.165) is 18.1 Å². The zero-order chi connectivity index (χ0) is 17.4. The van der Waals surface area contributed by atoms with Gasteiger partial charge in [-0.3, -0.25) is 4.79 Å². The molecule has 1 N–H and O–H groups in total. The molecule has 23 heavy (non-hydrogen) atoms. The molecule has 0 aliphatic heterocycles. The van der Waals surface area contributed by atoms with Gasteiger partial charge in [-0.25, -0.2) is 12.7 Å². The summed E-state index contributed by atoms with van der Waals surface area (Å²) in [6, 6.07) is 6.38. The van der Waals surface area contributed by atoms with Gasteiger partial charge >= 0.3 is 0 Å². The average molecular weight is 482 g/mol. The first-order valence-electron chi connectivity index (χ1n) is 6.42. The molecule has 1 heterocycles. The zero-order valence-corrected chi connectivity index (χ0v) is 17.4. The quantitative estimate of drug-likeness (QED) is 0.715. The van der Waals surface area contributed by atoms with Crippen molar-refractivity contribution < 1.29 is 13.2 Å². The minimum atomic E-state index is -3.55. The second-order valence-corrected chi connectivity index (χ2v) is 10.3. The summed E-state index contributed by atoms with van der Waals surface area (Å²) in [5, 5.41) is 2.77. The molecular weight excluding hydrogens is 468 g/mol. The van der Waals surface area contributed by atoms with Crippen molar-refractivity contribution in [2.24, 2.45) is 0 Å². The molecule has 0 radical (unpaired) electrons. The Morgan fingerprint density at radius 1 is 1.22 bits per heavy atom. The normalized spacial score (nSPS) is 11.7. The van der Waals surface area contributed by atoms with Gasteiger partial charge in [-0.1, -0.05) is 6.07 Å². The Balaban J connectivity index is 2.35. The molecule has 0 aliphatic rings. The number of rotatable bonds is 4. The fourth-order valence-electron chi connectivity index (χ4n) is 1.75. The molecule has 0 saturated carbocycles. The number of thiophene rings is 1. The maximum Gasteiger partial charge on any atom is 0.265 e. The number of amides is 1. The largest absolute Gasteiger partial charge is 0.321 e. The number of sulfonamides is 1. The molecule has 0 spiro atoms. The van der Waals surface area contributed by atoms with E-state index in [1.165, 1.54) is 37.6 Å². The van der Waals surface area contributed by atoms with Crippen LogP contribution in [0.1, 0.15) is 15.2 Å². The highest BCUT2D eigenvalue weighted by Crippen LogP contribution is 2.33. The van der Waals surface area contributed by atoms with Crippen molar-refractivity contribution in [2.45, 2.75) is 11.8 Å². The Hall–Kier alpha value is -0.740. The lowest BCUT2D eigenvalue weighted by molar-refractivity contribution is 0.103. The van der Waals surface area contributed by atoms with Crippen LogP contribution in [-0.4, -0.2) is 32.7 Å². The topological polar surface area (TPSA) is 66.5 Å². The van der Waals surface area contributed by atoms with E-state index >= 15 is 0 Å². The third kappa shape index (κ3) is 4.03. The first kappa shape index (κ1) is 18.6. The molecule has 0 bridgehead atoms. The standard InChI is InChI=1S/C14H14Br2N2O3S2/c1-8-4-5-9(23(20,21)18(2)3)6-11(8)17-14(19)12-7-10(15)13(16)22-12/h4-7H,1-3H3,(H,17,19). The summed E-state index contributed by atoms with van der Waals surface area (Å²) in [5.41, 5.74) is 1.25. The minimum absolute atomic E-state index is 0.136. The number of halogens is 2. The van der Waals surface area contributed by atoms with Gasteiger partial charge < -0.3 is 5.32 Å². The van der Waals surface area contributed by atoms with Crippen molar-refractivity contribution in [2.75, 3.05) is 19.4 Å². The summed E-state index contributed by atoms with van der Waals surface area (Å²) in [4.78, 5) is 13.0. The van der Waals surface area contributed by atoms with Crippen molar-refractivity contribution in [3.8, 4) is 0 Å². The van der Waals surface area contributed by atoms with Gasteiger partial charge in [0.15, 0.2) is 0 Å². The molecule has 5 nitrogen and oxygen atoms in total. The fourth-order valence-corrected chi connectivity index (χ4v) is 4.61. The molecule has 1 amide bonds. The van der Waals surface area contributed by atoms with Crippen molar-refractivity contribution >= 4 is 64.8 Å². The Labute approximate surface area is 156 Å². The lowest BCUT2D eigenvalue weighted by Crippen LogP contribution is -2.22. The highest BCUT2D eigenvalue weighted by atomic mass is 79.9. The molecule has 1 aromatic heterocycles. The van der Waals surface area contributed by atoms with Crippen LogP contribution >= 0.6 is 43.2 Å². The summed E-state index contributed by atoms with van der Waals surface area (Å²) >= 11 is 7.97. The summed E-state index contributed by atoms with van der Waals surface area (Å²) < 4.78 is 27.2. The number of hydrogen-bond acceptors (Lipinski definition) is 4. The maximum absolute atomic E-state index is 12.3. The van der Waals surface area contributed by atoms with Gasteiger partial charge in [-0.05, 0) is 62.5 Å². The number of benzene rings is 1. The third-order valence-electron chi connectivity index (χ3n) is 3.10. The minimum Gasteiger partial charge on any atom is -0.321 e. The Bertz CT molecular complexity index is 841. The molecule has 0 atom stereocenters. The van der Waals surface area contributed by atoms with E-state index in [1.807, 2.05) is 6.92 Å². The zero-order valence-electron chi connectivity index (χ0n) is 12.6. The monoisotopic (exact) mass is 480 g/mol. The van der Waals surface area contributed by atoms with Crippen molar-refractivity contribution in [3.05, 3.63) is 43.0 Å². The highest BCUT2D eigenvalue weighted by Gasteiger charge is 2.19. The van der Waals surface area contributed by atoms with Gasteiger partial charge in [0.25, 0.3) is 5.91 Å². The Morgan fingerprint density at radius 3 is 2.39 bits per heavy atom. The number of nitrogens with one attached hydrogen (secondary N) is 1. The van der Waals surface area contributed by atoms with Crippen molar-refractivity contribution in [3.63, 3.8) is 0 Å². The molecule has 0 saturated heterocycles. The van der Waals surface area contributed by atoms with Crippen LogP contribution in [0.15, 0.2) is 37.4 Å². The predicted octanol–water partition coefficient (Wildman–Crippen LogP) is 4.08. The summed E-state index contributed by atoms with van der Waals surface area (Å²) in [5.74, 6) is -0.288. The first-order chi connectivity index (χ1) is 10.6. The third-order valence-corrected chi connectivity index (χ3v) is 8.17. The van der Waals surface area contributed by atoms with E-state index in [-0.39, 0.29) is 10.8 Å². The average Bonchev–Trinajstić information content (AvgIpc) is 2.80. The highest BCUT2D eigenvalue weighted by molar-refractivity contribution is 9.13. The molecule has 2 rings (SSSR count). The summed E-state index contributed by atoms with van der Waals surface area (Å²) in [6.45, 7) is 1.81. The number of nitrogens with zero attached hydrogens (tertiary/aromatic N) is 1. The van der Waals surface area contributed by atoms with Gasteiger partial charge in [0.1, 0.15) is 0 Å². The van der Waals surface area contributed by atoms with Crippen LogP contribution in [0.3, 0.4) is 0 Å². The molecule has 0 unspecified atom stereocenters. The van der Waals surface area contributed by atoms with Crippen LogP contribution in [-0.2, 0) is 10.0 Å². The SMILES string of the molecule is Cc1ccc(S(=O)(=O)N(C)C)cc1NC(=O)c1cc(Br)c(Br)s1. The van der Waals surface area contributed by atoms with E-state index in [0.29, 0.717) is 10.6 Å². The van der Waals surface area contributed by atoms with E-state index in [1.54, 1.807) is 12.1 Å². The number of anilines is 1. The summed E-state index contributed by atoms with van der Waals surface area (Å²) in [6.07, 6.45) is 0. The second-order valence-electron chi connectivity index (χ2n) is 4.95. The number of carbonyl (C=O) groups excluding carboxylic acids is 1. The van der Waals surface area contributed by atoms with Gasteiger partial charge in [0, 0.05) is 24.3 Å². The van der Waals surface area contributed by atoms with Crippen LogP contribution < -0.4 is 5.32 Å². The van der Waals surface area contributed by atoms with E-state index in [4.69, 9.17) is 0 Å². The Morgan fingerprint density at radius 2 is 1.87 bits per heavy atom. The molecule has 124 valence electrons. The predicted molar refractivity (Wildman–Crippen MR) is 99.7 cm³/mol. The van der Waals surface area contributed by atoms with Crippen LogP contribution in [0.5, 0.6) is 0 Å². The number of carbonyl (C=O) groups is 1. The first-order valence-corrected chi connectivity index (χ1v) is 10.3. The lowest BCUT2D eigenvalue weighted by atomic mass is 10.2. The van der Waals surface area contributed by atoms with Gasteiger partial charge in [0.2, 0.25) is 10.0 Å². The van der Waals surface area contributed by atoms with Crippen LogP contribution in [0.25, 0.3) is 0 Å². The molecule has 2 aromatic rings. The van der Waals surface area contributed by atoms with Crippen molar-refractivity contribution in [1.29, 1.82) is 0 Å². The van der Waals surface area contributed by atoms with Gasteiger partial charge in [0.05, 0.1) is 13.6 Å². The molecular formula is C14H14Br2N2O3S2. The lowest BCUT2D eigenvalue weighted by Gasteiger charge is -2.14. The van der Waals surface area contributed by atoms with Gasteiger partial charge in [-0.2, -0.15) is 0 Å². The van der Waals surface area contributed by atoms with E-state index < -0.39 is 10.0 Å². The van der Waals surface area contributed by atoms with Crippen LogP contribution in [0.4, 0.5) is 5.69 Å². The maximum atomic E-state index is 12.3. The van der Waals surface area contributed by atoms with Gasteiger partial charge in [-0.15, -0.1) is 11.3 Å². The van der Waals surface area contributed by atoms with Crippen LogP contribution in [0.2, 0.25) is 0 Å². The van der Waals surface area contributed by atoms with Crippen molar-refractivity contribution in [1.82, 2.24) is 4.31 Å². The Kier molecular flexibility index (Phi) is 5.68. The second kappa shape index (κ2) is 7.02. The molecule has 0 aliphatic carbocycles. The molecule has 9 heteroatoms. The van der Waals surface area contributed by atoms with E-state index in [2.05, 4.69) is 37.2 Å². The number of hydrogen-bond donors (Lipinski definition) is 1. The van der Waals surface area contributed by atoms with Crippen LogP contribution in [0, 0.1) is 6.92 Å². The summed E-state index contributed by atoms with van der Waals surface area (Å²) in [7, 11) is -0.617. The fraction of sp³-hybridized carbons (Fsp3) is 0.214.